The van der Waals surface area contributed by atoms with Gasteiger partial charge in [0, 0.05) is 49.4 Å². The molecule has 1 aliphatic heterocycles. The second kappa shape index (κ2) is 7.21. The molecule has 2 aliphatic rings. The van der Waals surface area contributed by atoms with Gasteiger partial charge in [0.25, 0.3) is 5.56 Å². The number of rotatable bonds is 4. The SMILES string of the molecule is Cn1ccc(-c2ccc(-c3ccc(O[C@@H]4C5CNC(C5)[C@H]4F)nn3)c(O)c2)cc1=O. The molecule has 3 heterocycles. The van der Waals surface area contributed by atoms with Gasteiger partial charge in [-0.3, -0.25) is 4.79 Å². The van der Waals surface area contributed by atoms with Crippen molar-refractivity contribution < 1.29 is 14.2 Å². The highest BCUT2D eigenvalue weighted by Crippen LogP contribution is 2.37. The summed E-state index contributed by atoms with van der Waals surface area (Å²) in [5.41, 5.74) is 2.30. The lowest BCUT2D eigenvalue weighted by Crippen LogP contribution is -2.46. The number of hydrogen-bond acceptors (Lipinski definition) is 6. The van der Waals surface area contributed by atoms with Crippen LogP contribution >= 0.6 is 0 Å². The van der Waals surface area contributed by atoms with Gasteiger partial charge in [0.05, 0.1) is 5.69 Å². The van der Waals surface area contributed by atoms with Crippen molar-refractivity contribution in [2.24, 2.45) is 13.0 Å². The van der Waals surface area contributed by atoms with Crippen molar-refractivity contribution in [3.63, 3.8) is 0 Å². The van der Waals surface area contributed by atoms with Gasteiger partial charge in [-0.2, -0.15) is 0 Å². The number of halogens is 1. The minimum Gasteiger partial charge on any atom is -0.507 e. The van der Waals surface area contributed by atoms with Crippen LogP contribution in [0.2, 0.25) is 0 Å². The standard InChI is InChI=1S/C22H21FN4O3/c1-27-7-6-13(10-20(27)29)12-2-3-15(18(28)9-12)16-4-5-19(26-25-16)30-22-14-8-17(21(22)23)24-11-14/h2-7,9-10,14,17,21-22,24,28H,8,11H2,1H3/t14?,17?,21-,22-/m1/s1. The van der Waals surface area contributed by atoms with Crippen LogP contribution in [-0.2, 0) is 7.05 Å². The predicted molar refractivity (Wildman–Crippen MR) is 109 cm³/mol. The fraction of sp³-hybridized carbons (Fsp3) is 0.318. The molecule has 1 aromatic carbocycles. The largest absolute Gasteiger partial charge is 0.507 e. The van der Waals surface area contributed by atoms with E-state index in [0.717, 1.165) is 24.1 Å². The average molecular weight is 408 g/mol. The molecule has 0 spiro atoms. The van der Waals surface area contributed by atoms with Crippen LogP contribution in [0.4, 0.5) is 4.39 Å². The first-order chi connectivity index (χ1) is 14.5. The molecule has 1 aliphatic carbocycles. The van der Waals surface area contributed by atoms with E-state index in [2.05, 4.69) is 15.5 Å². The van der Waals surface area contributed by atoms with Crippen molar-refractivity contribution >= 4 is 0 Å². The van der Waals surface area contributed by atoms with Crippen molar-refractivity contribution in [1.29, 1.82) is 0 Å². The maximum atomic E-state index is 14.3. The fourth-order valence-corrected chi connectivity index (χ4v) is 4.26. The molecule has 154 valence electrons. The molecule has 2 N–H and O–H groups in total. The summed E-state index contributed by atoms with van der Waals surface area (Å²) < 4.78 is 21.5. The fourth-order valence-electron chi connectivity index (χ4n) is 4.26. The zero-order chi connectivity index (χ0) is 20.8. The maximum absolute atomic E-state index is 14.3. The predicted octanol–water partition coefficient (Wildman–Crippen LogP) is 2.29. The molecule has 5 rings (SSSR count). The normalized spacial score (nSPS) is 24.9. The third-order valence-electron chi connectivity index (χ3n) is 5.97. The van der Waals surface area contributed by atoms with Crippen LogP contribution in [-0.4, -0.2) is 44.7 Å². The summed E-state index contributed by atoms with van der Waals surface area (Å²) in [7, 11) is 1.68. The van der Waals surface area contributed by atoms with Crippen LogP contribution in [0.25, 0.3) is 22.4 Å². The molecule has 2 fully saturated rings. The third-order valence-corrected chi connectivity index (χ3v) is 5.97. The number of nitrogens with one attached hydrogen (secondary N) is 1. The molecule has 2 unspecified atom stereocenters. The Morgan fingerprint density at radius 3 is 2.67 bits per heavy atom. The molecule has 2 aromatic heterocycles. The Balaban J connectivity index is 1.35. The van der Waals surface area contributed by atoms with Crippen molar-refractivity contribution in [2.75, 3.05) is 6.54 Å². The van der Waals surface area contributed by atoms with Crippen LogP contribution in [0.15, 0.2) is 53.5 Å². The number of nitrogens with zero attached hydrogens (tertiary/aromatic N) is 3. The van der Waals surface area contributed by atoms with Gasteiger partial charge < -0.3 is 19.7 Å². The highest BCUT2D eigenvalue weighted by Gasteiger charge is 2.50. The van der Waals surface area contributed by atoms with E-state index in [-0.39, 0.29) is 29.1 Å². The van der Waals surface area contributed by atoms with E-state index in [4.69, 9.17) is 4.74 Å². The molecule has 0 radical (unpaired) electrons. The van der Waals surface area contributed by atoms with Gasteiger partial charge in [-0.25, -0.2) is 4.39 Å². The first-order valence-electron chi connectivity index (χ1n) is 9.88. The van der Waals surface area contributed by atoms with Crippen LogP contribution < -0.4 is 15.6 Å². The number of piperidine rings is 1. The summed E-state index contributed by atoms with van der Waals surface area (Å²) in [5, 5.41) is 21.8. The van der Waals surface area contributed by atoms with Crippen LogP contribution in [0.5, 0.6) is 11.6 Å². The average Bonchev–Trinajstić information content (AvgIpc) is 3.34. The Morgan fingerprint density at radius 2 is 2.00 bits per heavy atom. The molecule has 8 heteroatoms. The lowest BCUT2D eigenvalue weighted by molar-refractivity contribution is 0.0615. The number of benzene rings is 1. The quantitative estimate of drug-likeness (QED) is 0.689. The van der Waals surface area contributed by atoms with Gasteiger partial charge in [0.1, 0.15) is 11.9 Å². The van der Waals surface area contributed by atoms with Gasteiger partial charge in [-0.1, -0.05) is 6.07 Å². The monoisotopic (exact) mass is 408 g/mol. The minimum absolute atomic E-state index is 0.0270. The minimum atomic E-state index is -1.04. The highest BCUT2D eigenvalue weighted by atomic mass is 19.1. The van der Waals surface area contributed by atoms with Gasteiger partial charge in [0.2, 0.25) is 5.88 Å². The van der Waals surface area contributed by atoms with Gasteiger partial charge in [-0.05, 0) is 41.8 Å². The van der Waals surface area contributed by atoms with E-state index in [1.165, 1.54) is 10.6 Å². The smallest absolute Gasteiger partial charge is 0.250 e. The molecule has 2 bridgehead atoms. The van der Waals surface area contributed by atoms with Crippen molar-refractivity contribution in [1.82, 2.24) is 20.1 Å². The summed E-state index contributed by atoms with van der Waals surface area (Å²) in [5.74, 6) is 0.451. The number of fused-ring (bicyclic) bond motifs is 2. The van der Waals surface area contributed by atoms with E-state index in [1.807, 2.05) is 12.1 Å². The van der Waals surface area contributed by atoms with Gasteiger partial charge in [-0.15, -0.1) is 10.2 Å². The molecule has 1 saturated heterocycles. The summed E-state index contributed by atoms with van der Waals surface area (Å²) in [6.07, 6.45) is 0.922. The van der Waals surface area contributed by atoms with Crippen LogP contribution in [0.3, 0.4) is 0 Å². The van der Waals surface area contributed by atoms with Crippen LogP contribution in [0, 0.1) is 5.92 Å². The van der Waals surface area contributed by atoms with Gasteiger partial charge >= 0.3 is 0 Å². The molecule has 3 aromatic rings. The first kappa shape index (κ1) is 18.7. The zero-order valence-electron chi connectivity index (χ0n) is 16.3. The second-order valence-electron chi connectivity index (χ2n) is 7.89. The number of aryl methyl sites for hydroxylation is 1. The van der Waals surface area contributed by atoms with E-state index in [9.17, 15) is 14.3 Å². The number of phenolic OH excluding ortho intramolecular Hbond substituents is 1. The Morgan fingerprint density at radius 1 is 1.17 bits per heavy atom. The molecular weight excluding hydrogens is 387 g/mol. The van der Waals surface area contributed by atoms with Crippen molar-refractivity contribution in [3.05, 3.63) is 59.0 Å². The summed E-state index contributed by atoms with van der Waals surface area (Å²) in [6, 6.07) is 11.7. The van der Waals surface area contributed by atoms with E-state index in [1.54, 1.807) is 37.5 Å². The number of aromatic nitrogens is 3. The summed E-state index contributed by atoms with van der Waals surface area (Å²) >= 11 is 0. The Labute approximate surface area is 172 Å². The molecule has 1 saturated carbocycles. The summed E-state index contributed by atoms with van der Waals surface area (Å²) in [6.45, 7) is 0.759. The third kappa shape index (κ3) is 3.23. The van der Waals surface area contributed by atoms with Gasteiger partial charge in [0.15, 0.2) is 6.17 Å². The first-order valence-corrected chi connectivity index (χ1v) is 9.88. The summed E-state index contributed by atoms with van der Waals surface area (Å²) in [4.78, 5) is 11.8. The Hall–Kier alpha value is -3.26. The van der Waals surface area contributed by atoms with E-state index >= 15 is 0 Å². The Bertz CT molecular complexity index is 1150. The van der Waals surface area contributed by atoms with Crippen molar-refractivity contribution in [2.45, 2.75) is 24.7 Å². The molecule has 7 nitrogen and oxygen atoms in total. The molecular formula is C22H21FN4O3. The Kier molecular flexibility index (Phi) is 4.51. The number of hydrogen-bond donors (Lipinski definition) is 2. The topological polar surface area (TPSA) is 89.3 Å². The second-order valence-corrected chi connectivity index (χ2v) is 7.89. The number of alkyl halides is 1. The van der Waals surface area contributed by atoms with E-state index < -0.39 is 12.3 Å². The zero-order valence-corrected chi connectivity index (χ0v) is 16.3. The van der Waals surface area contributed by atoms with Crippen LogP contribution in [0.1, 0.15) is 6.42 Å². The molecule has 30 heavy (non-hydrogen) atoms. The number of aromatic hydroxyl groups is 1. The lowest BCUT2D eigenvalue weighted by atomic mass is 10.0. The van der Waals surface area contributed by atoms with E-state index in [0.29, 0.717) is 11.3 Å². The number of phenols is 1. The lowest BCUT2D eigenvalue weighted by Gasteiger charge is -2.26. The number of pyridine rings is 1. The number of ether oxygens (including phenoxy) is 1. The molecule has 4 atom stereocenters. The van der Waals surface area contributed by atoms with Crippen molar-refractivity contribution in [3.8, 4) is 34.0 Å². The molecule has 0 amide bonds. The maximum Gasteiger partial charge on any atom is 0.250 e. The highest BCUT2D eigenvalue weighted by molar-refractivity contribution is 5.74.